The summed E-state index contributed by atoms with van der Waals surface area (Å²) < 4.78 is 1.89. The van der Waals surface area contributed by atoms with E-state index >= 15 is 0 Å². The van der Waals surface area contributed by atoms with E-state index in [1.54, 1.807) is 6.20 Å². The lowest BCUT2D eigenvalue weighted by Gasteiger charge is -2.11. The minimum atomic E-state index is 0.0680. The van der Waals surface area contributed by atoms with Crippen LogP contribution in [0.25, 0.3) is 0 Å². The molecule has 0 aliphatic rings. The van der Waals surface area contributed by atoms with Gasteiger partial charge in [0.2, 0.25) is 5.91 Å². The Morgan fingerprint density at radius 2 is 2.35 bits per heavy atom. The maximum Gasteiger partial charge on any atom is 0.234 e. The number of hydrogen-bond donors (Lipinski definition) is 2. The molecule has 0 saturated carbocycles. The molecule has 0 spiro atoms. The van der Waals surface area contributed by atoms with E-state index in [9.17, 15) is 4.79 Å². The Kier molecular flexibility index (Phi) is 6.32. The van der Waals surface area contributed by atoms with Crippen LogP contribution in [0.3, 0.4) is 0 Å². The average molecular weight is 238 g/mol. The minimum absolute atomic E-state index is 0.0680. The highest BCUT2D eigenvalue weighted by Crippen LogP contribution is 1.88. The molecule has 0 aliphatic heterocycles. The van der Waals surface area contributed by atoms with E-state index in [2.05, 4.69) is 22.7 Å². The van der Waals surface area contributed by atoms with Crippen molar-refractivity contribution in [2.75, 3.05) is 13.1 Å². The van der Waals surface area contributed by atoms with Gasteiger partial charge in [-0.25, -0.2) is 0 Å². The van der Waals surface area contributed by atoms with Gasteiger partial charge in [0.15, 0.2) is 0 Å². The van der Waals surface area contributed by atoms with E-state index in [1.165, 1.54) is 0 Å². The van der Waals surface area contributed by atoms with Gasteiger partial charge in [-0.2, -0.15) is 5.10 Å². The predicted octanol–water partition coefficient (Wildman–Crippen LogP) is 0.777. The van der Waals surface area contributed by atoms with E-state index in [1.807, 2.05) is 23.9 Å². The van der Waals surface area contributed by atoms with E-state index in [0.29, 0.717) is 6.54 Å². The molecular weight excluding hydrogens is 216 g/mol. The summed E-state index contributed by atoms with van der Waals surface area (Å²) in [5, 5.41) is 10.1. The summed E-state index contributed by atoms with van der Waals surface area (Å²) in [7, 11) is 0. The summed E-state index contributed by atoms with van der Waals surface area (Å²) in [6.45, 7) is 6.17. The standard InChI is InChI=1S/C12H22N4O/c1-3-11(2)15-12(17)10-13-6-4-8-16-9-5-7-14-16/h5,7,9,11,13H,3-4,6,8,10H2,1-2H3,(H,15,17). The zero-order chi connectivity index (χ0) is 12.5. The molecule has 0 radical (unpaired) electrons. The number of aryl methyl sites for hydroxylation is 1. The number of carbonyl (C=O) groups is 1. The number of aromatic nitrogens is 2. The zero-order valence-electron chi connectivity index (χ0n) is 10.6. The van der Waals surface area contributed by atoms with Crippen molar-refractivity contribution < 1.29 is 4.79 Å². The molecule has 5 heteroatoms. The Balaban J connectivity index is 1.98. The molecule has 2 N–H and O–H groups in total. The van der Waals surface area contributed by atoms with Crippen molar-refractivity contribution >= 4 is 5.91 Å². The van der Waals surface area contributed by atoms with Crippen molar-refractivity contribution in [2.24, 2.45) is 0 Å². The van der Waals surface area contributed by atoms with Crippen LogP contribution in [0.5, 0.6) is 0 Å². The highest BCUT2D eigenvalue weighted by molar-refractivity contribution is 5.78. The van der Waals surface area contributed by atoms with Crippen molar-refractivity contribution in [3.63, 3.8) is 0 Å². The Bertz CT molecular complexity index is 310. The molecule has 1 aromatic rings. The summed E-state index contributed by atoms with van der Waals surface area (Å²) in [5.41, 5.74) is 0. The Morgan fingerprint density at radius 1 is 1.53 bits per heavy atom. The van der Waals surface area contributed by atoms with Gasteiger partial charge in [0.25, 0.3) is 0 Å². The summed E-state index contributed by atoms with van der Waals surface area (Å²) >= 11 is 0. The average Bonchev–Trinajstić information content (AvgIpc) is 2.81. The van der Waals surface area contributed by atoms with Crippen LogP contribution < -0.4 is 10.6 Å². The third kappa shape index (κ3) is 6.06. The second-order valence-corrected chi connectivity index (χ2v) is 4.18. The van der Waals surface area contributed by atoms with Crippen LogP contribution in [0.2, 0.25) is 0 Å². The number of amides is 1. The quantitative estimate of drug-likeness (QED) is 0.658. The first kappa shape index (κ1) is 13.7. The summed E-state index contributed by atoms with van der Waals surface area (Å²) in [6.07, 6.45) is 5.64. The first-order valence-electron chi connectivity index (χ1n) is 6.20. The molecule has 1 unspecified atom stereocenters. The molecule has 17 heavy (non-hydrogen) atoms. The molecule has 0 fully saturated rings. The van der Waals surface area contributed by atoms with E-state index in [0.717, 1.165) is 25.9 Å². The van der Waals surface area contributed by atoms with Gasteiger partial charge >= 0.3 is 0 Å². The molecule has 96 valence electrons. The van der Waals surface area contributed by atoms with Crippen LogP contribution in [-0.2, 0) is 11.3 Å². The van der Waals surface area contributed by atoms with Crippen molar-refractivity contribution in [2.45, 2.75) is 39.3 Å². The Hall–Kier alpha value is -1.36. The maximum absolute atomic E-state index is 11.4. The Morgan fingerprint density at radius 3 is 3.00 bits per heavy atom. The SMILES string of the molecule is CCC(C)NC(=O)CNCCCn1cccn1. The smallest absolute Gasteiger partial charge is 0.234 e. The number of rotatable bonds is 8. The highest BCUT2D eigenvalue weighted by atomic mass is 16.1. The molecule has 0 saturated heterocycles. The predicted molar refractivity (Wildman–Crippen MR) is 67.6 cm³/mol. The van der Waals surface area contributed by atoms with Gasteiger partial charge in [-0.05, 0) is 32.4 Å². The first-order valence-corrected chi connectivity index (χ1v) is 6.20. The lowest BCUT2D eigenvalue weighted by molar-refractivity contribution is -0.120. The lowest BCUT2D eigenvalue weighted by Crippen LogP contribution is -2.39. The van der Waals surface area contributed by atoms with E-state index < -0.39 is 0 Å². The fourth-order valence-electron chi connectivity index (χ4n) is 1.43. The van der Waals surface area contributed by atoms with Crippen LogP contribution in [0, 0.1) is 0 Å². The van der Waals surface area contributed by atoms with Crippen LogP contribution in [0.1, 0.15) is 26.7 Å². The first-order chi connectivity index (χ1) is 8.22. The van der Waals surface area contributed by atoms with Crippen molar-refractivity contribution in [1.82, 2.24) is 20.4 Å². The lowest BCUT2D eigenvalue weighted by atomic mass is 10.2. The molecule has 1 atom stereocenters. The molecule has 0 aromatic carbocycles. The number of hydrogen-bond acceptors (Lipinski definition) is 3. The topological polar surface area (TPSA) is 59.0 Å². The van der Waals surface area contributed by atoms with Crippen LogP contribution in [0.4, 0.5) is 0 Å². The van der Waals surface area contributed by atoms with Gasteiger partial charge in [-0.3, -0.25) is 9.48 Å². The normalized spacial score (nSPS) is 12.4. The number of nitrogens with zero attached hydrogens (tertiary/aromatic N) is 2. The van der Waals surface area contributed by atoms with Gasteiger partial charge in [0, 0.05) is 25.0 Å². The Labute approximate surface area is 103 Å². The number of nitrogens with one attached hydrogen (secondary N) is 2. The van der Waals surface area contributed by atoms with Gasteiger partial charge in [0.1, 0.15) is 0 Å². The maximum atomic E-state index is 11.4. The monoisotopic (exact) mass is 238 g/mol. The third-order valence-corrected chi connectivity index (χ3v) is 2.61. The van der Waals surface area contributed by atoms with Crippen molar-refractivity contribution in [1.29, 1.82) is 0 Å². The third-order valence-electron chi connectivity index (χ3n) is 2.61. The van der Waals surface area contributed by atoms with Gasteiger partial charge < -0.3 is 10.6 Å². The zero-order valence-corrected chi connectivity index (χ0v) is 10.6. The van der Waals surface area contributed by atoms with E-state index in [-0.39, 0.29) is 11.9 Å². The van der Waals surface area contributed by atoms with Crippen LogP contribution in [0.15, 0.2) is 18.5 Å². The van der Waals surface area contributed by atoms with Crippen molar-refractivity contribution in [3.05, 3.63) is 18.5 Å². The fraction of sp³-hybridized carbons (Fsp3) is 0.667. The largest absolute Gasteiger partial charge is 0.353 e. The second kappa shape index (κ2) is 7.84. The van der Waals surface area contributed by atoms with Crippen LogP contribution in [-0.4, -0.2) is 34.8 Å². The van der Waals surface area contributed by atoms with Gasteiger partial charge in [-0.15, -0.1) is 0 Å². The summed E-state index contributed by atoms with van der Waals surface area (Å²) in [4.78, 5) is 11.4. The molecule has 1 amide bonds. The molecule has 0 aliphatic carbocycles. The second-order valence-electron chi connectivity index (χ2n) is 4.18. The molecule has 1 aromatic heterocycles. The molecule has 1 heterocycles. The molecule has 5 nitrogen and oxygen atoms in total. The van der Waals surface area contributed by atoms with Gasteiger partial charge in [-0.1, -0.05) is 6.92 Å². The van der Waals surface area contributed by atoms with E-state index in [4.69, 9.17) is 0 Å². The minimum Gasteiger partial charge on any atom is -0.353 e. The molecule has 0 bridgehead atoms. The molecule has 1 rings (SSSR count). The van der Waals surface area contributed by atoms with Crippen LogP contribution >= 0.6 is 0 Å². The highest BCUT2D eigenvalue weighted by Gasteiger charge is 2.03. The summed E-state index contributed by atoms with van der Waals surface area (Å²) in [6, 6.07) is 2.17. The van der Waals surface area contributed by atoms with Crippen molar-refractivity contribution in [3.8, 4) is 0 Å². The fourth-order valence-corrected chi connectivity index (χ4v) is 1.43. The van der Waals surface area contributed by atoms with Gasteiger partial charge in [0.05, 0.1) is 6.54 Å². The summed E-state index contributed by atoms with van der Waals surface area (Å²) in [5.74, 6) is 0.0680. The number of carbonyl (C=O) groups excluding carboxylic acids is 1. The molecular formula is C12H22N4O.